The first kappa shape index (κ1) is 32.8. The van der Waals surface area contributed by atoms with Crippen molar-refractivity contribution in [3.05, 3.63) is 235 Å². The lowest BCUT2D eigenvalue weighted by atomic mass is 9.70. The van der Waals surface area contributed by atoms with Crippen molar-refractivity contribution < 1.29 is 0 Å². The standard InChI is InChI=1S/C57H35NS/c1-3-18-40-36(15-1)17-13-24-41(40)37-31-33-39(34-32-37)58(52-35-38-16-2-4-19-42(38)54-47-23-8-12-30-53(47)59-56(52)54)51-29-14-25-46-45-22-7-11-28-50(45)57(55(46)51)48-26-9-5-20-43(48)44-21-6-10-27-49(44)57/h1-35H. The van der Waals surface area contributed by atoms with Crippen LogP contribution in [0.3, 0.4) is 0 Å². The number of benzene rings is 10. The van der Waals surface area contributed by atoms with Crippen LogP contribution in [0.25, 0.3) is 75.1 Å². The molecule has 1 heterocycles. The van der Waals surface area contributed by atoms with Crippen molar-refractivity contribution in [3.8, 4) is 33.4 Å². The molecule has 0 atom stereocenters. The van der Waals surface area contributed by atoms with Gasteiger partial charge >= 0.3 is 0 Å². The molecule has 1 spiro atoms. The Kier molecular flexibility index (Phi) is 6.87. The number of anilines is 3. The highest BCUT2D eigenvalue weighted by molar-refractivity contribution is 7.26. The second-order valence-electron chi connectivity index (χ2n) is 15.9. The largest absolute Gasteiger partial charge is 0.309 e. The molecule has 0 unspecified atom stereocenters. The molecule has 0 fully saturated rings. The van der Waals surface area contributed by atoms with Crippen molar-refractivity contribution in [1.29, 1.82) is 0 Å². The molecule has 0 saturated heterocycles. The molecule has 274 valence electrons. The normalized spacial score (nSPS) is 13.2. The first-order valence-electron chi connectivity index (χ1n) is 20.4. The molecule has 10 aromatic carbocycles. The van der Waals surface area contributed by atoms with E-state index in [1.165, 1.54) is 109 Å². The summed E-state index contributed by atoms with van der Waals surface area (Å²) in [7, 11) is 0. The van der Waals surface area contributed by atoms with Gasteiger partial charge in [-0.05, 0) is 102 Å². The van der Waals surface area contributed by atoms with Crippen molar-refractivity contribution in [2.75, 3.05) is 4.90 Å². The van der Waals surface area contributed by atoms with Crippen LogP contribution in [0.4, 0.5) is 17.1 Å². The Balaban J connectivity index is 1.15. The third-order valence-corrected chi connectivity index (χ3v) is 14.2. The van der Waals surface area contributed by atoms with E-state index in [4.69, 9.17) is 0 Å². The molecular weight excluding hydrogens is 731 g/mol. The Morgan fingerprint density at radius 2 is 0.898 bits per heavy atom. The van der Waals surface area contributed by atoms with E-state index >= 15 is 0 Å². The number of fused-ring (bicyclic) bond motifs is 16. The van der Waals surface area contributed by atoms with Gasteiger partial charge in [0, 0.05) is 26.7 Å². The smallest absolute Gasteiger partial charge is 0.0746 e. The predicted octanol–water partition coefficient (Wildman–Crippen LogP) is 15.8. The average molecular weight is 766 g/mol. The van der Waals surface area contributed by atoms with E-state index in [-0.39, 0.29) is 0 Å². The molecule has 13 rings (SSSR count). The molecule has 2 aliphatic rings. The molecule has 1 aromatic heterocycles. The average Bonchev–Trinajstić information content (AvgIpc) is 3.95. The van der Waals surface area contributed by atoms with Gasteiger partial charge in [0.1, 0.15) is 0 Å². The summed E-state index contributed by atoms with van der Waals surface area (Å²) in [5.74, 6) is 0. The molecule has 2 heteroatoms. The van der Waals surface area contributed by atoms with Gasteiger partial charge in [-0.3, -0.25) is 0 Å². The molecule has 0 aliphatic heterocycles. The lowest BCUT2D eigenvalue weighted by Gasteiger charge is -2.36. The fourth-order valence-electron chi connectivity index (χ4n) is 10.7. The van der Waals surface area contributed by atoms with Crippen LogP contribution in [-0.4, -0.2) is 0 Å². The number of hydrogen-bond donors (Lipinski definition) is 0. The lowest BCUT2D eigenvalue weighted by Crippen LogP contribution is -2.28. The van der Waals surface area contributed by atoms with E-state index in [1.54, 1.807) is 0 Å². The topological polar surface area (TPSA) is 3.24 Å². The SMILES string of the molecule is c1ccc2c(c1)-c1ccccc1C21c2ccccc2-c2cccc(N(c3ccc(-c4cccc5ccccc45)cc3)c3cc4ccccc4c4c3sc3ccccc34)c21. The monoisotopic (exact) mass is 765 g/mol. The van der Waals surface area contributed by atoms with Crippen LogP contribution in [0.2, 0.25) is 0 Å². The van der Waals surface area contributed by atoms with Gasteiger partial charge in [0.2, 0.25) is 0 Å². The zero-order valence-corrected chi connectivity index (χ0v) is 32.9. The van der Waals surface area contributed by atoms with Crippen LogP contribution >= 0.6 is 11.3 Å². The highest BCUT2D eigenvalue weighted by atomic mass is 32.1. The van der Waals surface area contributed by atoms with Crippen molar-refractivity contribution in [2.45, 2.75) is 5.41 Å². The van der Waals surface area contributed by atoms with E-state index in [9.17, 15) is 0 Å². The van der Waals surface area contributed by atoms with Gasteiger partial charge in [0.05, 0.1) is 21.5 Å². The quantitative estimate of drug-likeness (QED) is 0.172. The van der Waals surface area contributed by atoms with Gasteiger partial charge in [0.25, 0.3) is 0 Å². The summed E-state index contributed by atoms with van der Waals surface area (Å²) in [6.45, 7) is 0. The van der Waals surface area contributed by atoms with Crippen LogP contribution in [0.15, 0.2) is 212 Å². The maximum Gasteiger partial charge on any atom is 0.0746 e. The van der Waals surface area contributed by atoms with Crippen LogP contribution in [-0.2, 0) is 5.41 Å². The first-order chi connectivity index (χ1) is 29.3. The number of nitrogens with zero attached hydrogens (tertiary/aromatic N) is 1. The molecule has 11 aromatic rings. The van der Waals surface area contributed by atoms with Gasteiger partial charge in [-0.1, -0.05) is 182 Å². The predicted molar refractivity (Wildman–Crippen MR) is 251 cm³/mol. The minimum atomic E-state index is -0.507. The molecule has 0 saturated carbocycles. The Morgan fingerprint density at radius 1 is 0.373 bits per heavy atom. The molecule has 59 heavy (non-hydrogen) atoms. The van der Waals surface area contributed by atoms with Gasteiger partial charge in [-0.15, -0.1) is 11.3 Å². The van der Waals surface area contributed by atoms with E-state index < -0.39 is 5.41 Å². The summed E-state index contributed by atoms with van der Waals surface area (Å²) < 4.78 is 2.59. The zero-order valence-electron chi connectivity index (χ0n) is 32.1. The third-order valence-electron chi connectivity index (χ3n) is 13.0. The second-order valence-corrected chi connectivity index (χ2v) is 17.0. The van der Waals surface area contributed by atoms with E-state index in [0.717, 1.165) is 5.69 Å². The summed E-state index contributed by atoms with van der Waals surface area (Å²) in [5, 5.41) is 7.66. The molecule has 0 N–H and O–H groups in total. The number of rotatable bonds is 4. The van der Waals surface area contributed by atoms with Crippen LogP contribution in [0.5, 0.6) is 0 Å². The summed E-state index contributed by atoms with van der Waals surface area (Å²) in [6, 6.07) is 79.3. The summed E-state index contributed by atoms with van der Waals surface area (Å²) in [6.07, 6.45) is 0. The van der Waals surface area contributed by atoms with Crippen molar-refractivity contribution in [1.82, 2.24) is 0 Å². The van der Waals surface area contributed by atoms with Crippen molar-refractivity contribution in [3.63, 3.8) is 0 Å². The highest BCUT2D eigenvalue weighted by Crippen LogP contribution is 2.65. The van der Waals surface area contributed by atoms with Crippen LogP contribution < -0.4 is 4.90 Å². The van der Waals surface area contributed by atoms with Gasteiger partial charge in [0.15, 0.2) is 0 Å². The number of thiophene rings is 1. The van der Waals surface area contributed by atoms with E-state index in [1.807, 2.05) is 11.3 Å². The first-order valence-corrected chi connectivity index (χ1v) is 21.2. The summed E-state index contributed by atoms with van der Waals surface area (Å²) in [5.41, 5.74) is 16.0. The fraction of sp³-hybridized carbons (Fsp3) is 0.0175. The molecule has 0 amide bonds. The summed E-state index contributed by atoms with van der Waals surface area (Å²) >= 11 is 1.90. The van der Waals surface area contributed by atoms with Crippen molar-refractivity contribution in [2.24, 2.45) is 0 Å². The maximum atomic E-state index is 2.59. The zero-order chi connectivity index (χ0) is 38.7. The number of hydrogen-bond acceptors (Lipinski definition) is 2. The van der Waals surface area contributed by atoms with Crippen LogP contribution in [0, 0.1) is 0 Å². The Labute approximate surface area is 346 Å². The molecule has 0 radical (unpaired) electrons. The maximum absolute atomic E-state index is 2.59. The van der Waals surface area contributed by atoms with Crippen LogP contribution in [0.1, 0.15) is 22.3 Å². The van der Waals surface area contributed by atoms with E-state index in [2.05, 4.69) is 217 Å². The molecule has 2 aliphatic carbocycles. The fourth-order valence-corrected chi connectivity index (χ4v) is 11.9. The highest BCUT2D eigenvalue weighted by Gasteiger charge is 2.53. The van der Waals surface area contributed by atoms with E-state index in [0.29, 0.717) is 0 Å². The van der Waals surface area contributed by atoms with Crippen molar-refractivity contribution >= 4 is 70.1 Å². The second kappa shape index (κ2) is 12.4. The third kappa shape index (κ3) is 4.44. The van der Waals surface area contributed by atoms with Gasteiger partial charge in [-0.2, -0.15) is 0 Å². The Morgan fingerprint density at radius 3 is 1.63 bits per heavy atom. The molecule has 1 nitrogen and oxygen atoms in total. The Bertz CT molecular complexity index is 3450. The van der Waals surface area contributed by atoms with Gasteiger partial charge in [-0.25, -0.2) is 0 Å². The Hall–Kier alpha value is -7.26. The van der Waals surface area contributed by atoms with Gasteiger partial charge < -0.3 is 4.90 Å². The molecular formula is C57H35NS. The summed E-state index contributed by atoms with van der Waals surface area (Å²) in [4.78, 5) is 2.59. The lowest BCUT2D eigenvalue weighted by molar-refractivity contribution is 0.793. The minimum Gasteiger partial charge on any atom is -0.309 e. The minimum absolute atomic E-state index is 0.507. The molecule has 0 bridgehead atoms.